The number of carbonyl (C=O) groups is 6. The number of rotatable bonds is 19. The fourth-order valence-corrected chi connectivity index (χ4v) is 5.44. The predicted octanol–water partition coefficient (Wildman–Crippen LogP) is -4.54. The molecule has 21 nitrogen and oxygen atoms in total. The van der Waals surface area contributed by atoms with E-state index in [1.807, 2.05) is 0 Å². The van der Waals surface area contributed by atoms with Gasteiger partial charge in [-0.05, 0) is 26.2 Å². The van der Waals surface area contributed by atoms with Crippen LogP contribution in [0.15, 0.2) is 0 Å². The van der Waals surface area contributed by atoms with Gasteiger partial charge in [-0.2, -0.15) is 0 Å². The Bertz CT molecular complexity index is 1200. The van der Waals surface area contributed by atoms with Crippen molar-refractivity contribution in [2.24, 2.45) is 11.7 Å². The second-order valence-corrected chi connectivity index (χ2v) is 12.3. The maximum absolute atomic E-state index is 13.5. The monoisotopic (exact) mass is 821 g/mol. The molecule has 0 aliphatic carbocycles. The Morgan fingerprint density at radius 1 is 0.804 bits per heavy atom. The van der Waals surface area contributed by atoms with Crippen molar-refractivity contribution in [1.82, 2.24) is 16.0 Å². The summed E-state index contributed by atoms with van der Waals surface area (Å²) in [5, 5.41) is 75.8. The van der Waals surface area contributed by atoms with E-state index in [-0.39, 0.29) is 45.2 Å². The Kier molecular flexibility index (Phi) is 19.7. The zero-order chi connectivity index (χ0) is 37.9. The number of carboxylic acids is 2. The number of nitrogens with one attached hydrogen (secondary N) is 4. The number of ether oxygens (including phenoxy) is 3. The van der Waals surface area contributed by atoms with E-state index in [0.29, 0.717) is 0 Å². The summed E-state index contributed by atoms with van der Waals surface area (Å²) in [6.07, 6.45) is -12.7. The quantitative estimate of drug-likeness (QED) is 0.0584. The van der Waals surface area contributed by atoms with Gasteiger partial charge in [0.15, 0.2) is 6.29 Å². The molecule has 13 N–H and O–H groups in total. The van der Waals surface area contributed by atoms with Crippen molar-refractivity contribution in [2.45, 2.75) is 126 Å². The van der Waals surface area contributed by atoms with Crippen molar-refractivity contribution in [1.29, 1.82) is 0 Å². The van der Waals surface area contributed by atoms with E-state index in [1.54, 1.807) is 0 Å². The molecule has 1 radical (unpaired) electrons. The summed E-state index contributed by atoms with van der Waals surface area (Å²) in [4.78, 5) is 73.4. The molecule has 4 unspecified atom stereocenters. The van der Waals surface area contributed by atoms with Crippen LogP contribution in [0.2, 0.25) is 0 Å². The molecule has 13 atom stereocenters. The van der Waals surface area contributed by atoms with Crippen LogP contribution in [0.1, 0.15) is 52.4 Å². The summed E-state index contributed by atoms with van der Waals surface area (Å²) < 4.78 is 16.7. The molecule has 2 rings (SSSR count). The van der Waals surface area contributed by atoms with E-state index >= 15 is 0 Å². The van der Waals surface area contributed by atoms with Crippen LogP contribution in [0.3, 0.4) is 0 Å². The smallest absolute Gasteiger partial charge is 0.303 e. The molecule has 3 amide bonds. The van der Waals surface area contributed by atoms with E-state index in [2.05, 4.69) is 16.0 Å². The fraction of sp³-hybridized carbons (Fsp3) is 0.793. The molecule has 293 valence electrons. The van der Waals surface area contributed by atoms with Gasteiger partial charge in [0.25, 0.3) is 0 Å². The zero-order valence-electron chi connectivity index (χ0n) is 27.9. The van der Waals surface area contributed by atoms with Gasteiger partial charge in [-0.15, -0.1) is 0 Å². The Labute approximate surface area is 306 Å². The second-order valence-electron chi connectivity index (χ2n) is 12.3. The molecule has 0 saturated carbocycles. The molecule has 0 aromatic carbocycles. The molecule has 22 heteroatoms. The number of aliphatic carboxylic acids is 2. The molecule has 0 aromatic rings. The minimum absolute atomic E-state index is 0. The molecule has 0 bridgehead atoms. The number of Topliss-reactive ketones (excluding diaryl/α,β-unsaturated/α-hetero) is 1. The van der Waals surface area contributed by atoms with E-state index < -0.39 is 141 Å². The van der Waals surface area contributed by atoms with Crippen LogP contribution in [0.4, 0.5) is 0 Å². The summed E-state index contributed by atoms with van der Waals surface area (Å²) in [6.45, 7) is 1.24. The van der Waals surface area contributed by atoms with Crippen LogP contribution in [0.5, 0.6) is 0 Å². The number of ketones is 1. The van der Waals surface area contributed by atoms with E-state index in [9.17, 15) is 59.4 Å². The van der Waals surface area contributed by atoms with Gasteiger partial charge in [0.05, 0.1) is 37.5 Å². The third-order valence-corrected chi connectivity index (χ3v) is 8.44. The SMILES string of the molecule is CC(=O)CC[C@H](NC(=O)[C@@H](N)CCC(=O)O)C(=O)N[C@@H](CCC(=O)O)C(=O)NC1[C@H](O)OC(CO)[C@@H](O[C@@H]2OC(CO)[C@@H](O)[C@H](O)C2[NH-])[C@@H]1C.[99Tc]. The molecule has 2 aliphatic heterocycles. The van der Waals surface area contributed by atoms with Gasteiger partial charge >= 0.3 is 11.9 Å². The van der Waals surface area contributed by atoms with Gasteiger partial charge in [-0.1, -0.05) is 13.0 Å². The summed E-state index contributed by atoms with van der Waals surface area (Å²) >= 11 is 0. The van der Waals surface area contributed by atoms with Crippen molar-refractivity contribution in [2.75, 3.05) is 13.2 Å². The molecule has 2 saturated heterocycles. The predicted molar refractivity (Wildman–Crippen MR) is 165 cm³/mol. The van der Waals surface area contributed by atoms with Gasteiger partial charge in [0.2, 0.25) is 17.7 Å². The maximum atomic E-state index is 13.5. The van der Waals surface area contributed by atoms with Gasteiger partial charge < -0.3 is 82.2 Å². The number of aliphatic hydroxyl groups is 5. The van der Waals surface area contributed by atoms with Crippen LogP contribution in [0.25, 0.3) is 5.73 Å². The summed E-state index contributed by atoms with van der Waals surface area (Å²) in [5.74, 6) is -6.77. The molecule has 0 spiro atoms. The summed E-state index contributed by atoms with van der Waals surface area (Å²) in [7, 11) is 0. The molecule has 2 aliphatic rings. The summed E-state index contributed by atoms with van der Waals surface area (Å²) in [5.41, 5.74) is 13.9. The van der Waals surface area contributed by atoms with Crippen molar-refractivity contribution in [3.05, 3.63) is 5.73 Å². The first-order chi connectivity index (χ1) is 23.4. The minimum atomic E-state index is -1.78. The van der Waals surface area contributed by atoms with Crippen molar-refractivity contribution < 1.29 is 98.8 Å². The minimum Gasteiger partial charge on any atom is -0.668 e. The Morgan fingerprint density at radius 3 is 1.88 bits per heavy atom. The zero-order valence-corrected chi connectivity index (χ0v) is 29.8. The van der Waals surface area contributed by atoms with Crippen molar-refractivity contribution in [3.8, 4) is 0 Å². The fourth-order valence-electron chi connectivity index (χ4n) is 5.44. The first-order valence-corrected chi connectivity index (χ1v) is 15.9. The largest absolute Gasteiger partial charge is 0.668 e. The van der Waals surface area contributed by atoms with Gasteiger partial charge in [0, 0.05) is 45.3 Å². The van der Waals surface area contributed by atoms with Crippen LogP contribution < -0.4 is 21.7 Å². The number of amides is 3. The summed E-state index contributed by atoms with van der Waals surface area (Å²) in [6, 6.07) is -7.30. The van der Waals surface area contributed by atoms with Crippen LogP contribution in [-0.2, 0) is 63.1 Å². The van der Waals surface area contributed by atoms with Crippen LogP contribution in [-0.4, -0.2) is 158 Å². The molecule has 2 heterocycles. The average Bonchev–Trinajstić information content (AvgIpc) is 3.05. The van der Waals surface area contributed by atoms with Gasteiger partial charge in [0.1, 0.15) is 42.5 Å². The van der Waals surface area contributed by atoms with Crippen molar-refractivity contribution in [3.63, 3.8) is 0 Å². The Hall–Kier alpha value is -2.73. The Morgan fingerprint density at radius 2 is 1.33 bits per heavy atom. The third-order valence-electron chi connectivity index (χ3n) is 8.44. The van der Waals surface area contributed by atoms with E-state index in [1.165, 1.54) is 13.8 Å². The third kappa shape index (κ3) is 13.6. The molecule has 51 heavy (non-hydrogen) atoms. The van der Waals surface area contributed by atoms with E-state index in [4.69, 9.17) is 30.8 Å². The van der Waals surface area contributed by atoms with E-state index in [0.717, 1.165) is 0 Å². The number of aliphatic hydroxyl groups excluding tert-OH is 5. The Balaban J connectivity index is 0.0000130. The number of nitrogens with two attached hydrogens (primary N) is 1. The average molecular weight is 822 g/mol. The normalized spacial score (nSPS) is 30.8. The molecular formula is C29H48N5O16Tc-. The molecule has 2 fully saturated rings. The standard InChI is InChI=1S/C29H48N5O16.Tc/c1-11(37)3-5-14(32-25(44)13(30)4-7-18(38)39)26(45)33-15(6-8-19(40)41)27(46)34-21-12(2)24(17(10-36)48-28(21)47)50-29-20(31)23(43)22(42)16(9-35)49-29;/h12-17,20-24,28-29,31,35-36,42-43,47H,3-10,30H2,1-2H3,(H,32,44)(H,33,45)(H,34,46)(H,38,39)(H,40,41);/q-1;/t12-,13+,14+,15+,16?,17?,20?,21?,22-,23-,24+,28-,29+;/m1./s1/i;1+1. The number of hydrogen-bond donors (Lipinski definition) is 11. The number of carbonyl (C=O) groups excluding carboxylic acids is 4. The van der Waals surface area contributed by atoms with Crippen LogP contribution >= 0.6 is 0 Å². The number of hydrogen-bond acceptors (Lipinski definition) is 15. The second kappa shape index (κ2) is 21.7. The first kappa shape index (κ1) is 46.3. The number of carboxylic acid groups (broad SMARTS) is 2. The topological polar surface area (TPSA) is 358 Å². The molecular weight excluding hydrogens is 773 g/mol. The molecule has 0 aromatic heterocycles. The van der Waals surface area contributed by atoms with Gasteiger partial charge in [-0.3, -0.25) is 24.0 Å². The van der Waals surface area contributed by atoms with Gasteiger partial charge in [-0.25, -0.2) is 0 Å². The van der Waals surface area contributed by atoms with Crippen LogP contribution in [0, 0.1) is 5.92 Å². The maximum Gasteiger partial charge on any atom is 0.303 e. The first-order valence-electron chi connectivity index (χ1n) is 15.9. The van der Waals surface area contributed by atoms with Crippen molar-refractivity contribution >= 4 is 35.4 Å².